The van der Waals surface area contributed by atoms with E-state index in [2.05, 4.69) is 10.4 Å². The van der Waals surface area contributed by atoms with E-state index in [1.807, 2.05) is 0 Å². The largest absolute Gasteiger partial charge is 0.490 e. The van der Waals surface area contributed by atoms with Gasteiger partial charge >= 0.3 is 6.18 Å². The summed E-state index contributed by atoms with van der Waals surface area (Å²) in [5.74, 6) is -0.503. The van der Waals surface area contributed by atoms with Crippen molar-refractivity contribution in [3.63, 3.8) is 0 Å². The minimum Gasteiger partial charge on any atom is -0.490 e. The van der Waals surface area contributed by atoms with E-state index in [0.29, 0.717) is 42.0 Å². The highest BCUT2D eigenvalue weighted by molar-refractivity contribution is 5.99. The lowest BCUT2D eigenvalue weighted by Crippen LogP contribution is -2.25. The molecule has 1 amide bonds. The molecule has 168 valence electrons. The number of alkyl halides is 3. The summed E-state index contributed by atoms with van der Waals surface area (Å²) in [5, 5.41) is 6.80. The monoisotopic (exact) mass is 449 g/mol. The third-order valence-electron chi connectivity index (χ3n) is 4.91. The molecule has 0 bridgehead atoms. The molecule has 10 heteroatoms. The van der Waals surface area contributed by atoms with Gasteiger partial charge in [0.15, 0.2) is 11.5 Å². The Hall–Kier alpha value is -3.56. The lowest BCUT2D eigenvalue weighted by atomic mass is 10.1. The number of rotatable bonds is 4. The van der Waals surface area contributed by atoms with Crippen LogP contribution in [-0.2, 0) is 19.8 Å². The van der Waals surface area contributed by atoms with Gasteiger partial charge in [-0.15, -0.1) is 0 Å². The maximum absolute atomic E-state index is 13.3. The molecule has 1 aromatic heterocycles. The lowest BCUT2D eigenvalue weighted by Gasteiger charge is -2.14. The molecule has 1 N–H and O–H groups in total. The predicted octanol–water partition coefficient (Wildman–Crippen LogP) is 4.34. The van der Waals surface area contributed by atoms with Crippen LogP contribution in [0.1, 0.15) is 27.9 Å². The number of fused-ring (bicyclic) bond motifs is 1. The first-order valence-electron chi connectivity index (χ1n) is 9.80. The van der Waals surface area contributed by atoms with Gasteiger partial charge in [0.05, 0.1) is 24.3 Å². The molecule has 0 saturated heterocycles. The molecule has 0 fully saturated rings. The Morgan fingerprint density at radius 1 is 1.12 bits per heavy atom. The summed E-state index contributed by atoms with van der Waals surface area (Å²) in [6.07, 6.45) is -2.53. The topological polar surface area (TPSA) is 65.4 Å². The van der Waals surface area contributed by atoms with Crippen molar-refractivity contribution in [2.75, 3.05) is 13.2 Å². The Morgan fingerprint density at radius 2 is 1.88 bits per heavy atom. The quantitative estimate of drug-likeness (QED) is 0.602. The summed E-state index contributed by atoms with van der Waals surface area (Å²) in [6.45, 7) is 0.599. The molecule has 0 unspecified atom stereocenters. The fraction of sp³-hybridized carbons (Fsp3) is 0.273. The van der Waals surface area contributed by atoms with Crippen LogP contribution < -0.4 is 14.8 Å². The van der Waals surface area contributed by atoms with Crippen molar-refractivity contribution in [3.05, 3.63) is 65.1 Å². The highest BCUT2D eigenvalue weighted by atomic mass is 19.4. The summed E-state index contributed by atoms with van der Waals surface area (Å²) in [7, 11) is 1.63. The van der Waals surface area contributed by atoms with Crippen LogP contribution in [0.15, 0.2) is 42.6 Å². The van der Waals surface area contributed by atoms with E-state index in [9.17, 15) is 22.4 Å². The minimum atomic E-state index is -4.74. The van der Waals surface area contributed by atoms with E-state index in [4.69, 9.17) is 9.47 Å². The molecule has 6 nitrogen and oxygen atoms in total. The minimum absolute atomic E-state index is 0.178. The van der Waals surface area contributed by atoms with Crippen LogP contribution in [0.2, 0.25) is 0 Å². The van der Waals surface area contributed by atoms with Gasteiger partial charge in [-0.2, -0.15) is 18.3 Å². The molecule has 0 atom stereocenters. The van der Waals surface area contributed by atoms with Crippen LogP contribution in [-0.4, -0.2) is 28.9 Å². The standard InChI is InChI=1S/C22H19F4N3O3/c1-29-12-16(20(28-29)13-4-6-18-19(9-13)32-8-2-7-31-18)21(30)27-11-14-3-5-15(23)10-17(14)22(24,25)26/h3-6,9-10,12H,2,7-8,11H2,1H3,(H,27,30). The molecule has 0 radical (unpaired) electrons. The molecule has 0 spiro atoms. The Kier molecular flexibility index (Phi) is 5.77. The number of nitrogens with zero attached hydrogens (tertiary/aromatic N) is 2. The van der Waals surface area contributed by atoms with Gasteiger partial charge in [-0.25, -0.2) is 4.39 Å². The molecular weight excluding hydrogens is 430 g/mol. The summed E-state index contributed by atoms with van der Waals surface area (Å²) >= 11 is 0. The first-order chi connectivity index (χ1) is 15.2. The van der Waals surface area contributed by atoms with Crippen molar-refractivity contribution in [1.82, 2.24) is 15.1 Å². The summed E-state index contributed by atoms with van der Waals surface area (Å²) in [5.41, 5.74) is -0.258. The van der Waals surface area contributed by atoms with Crippen LogP contribution in [0.25, 0.3) is 11.3 Å². The molecule has 0 aliphatic carbocycles. The van der Waals surface area contributed by atoms with Gasteiger partial charge in [-0.05, 0) is 35.9 Å². The van der Waals surface area contributed by atoms with Crippen molar-refractivity contribution in [3.8, 4) is 22.8 Å². The van der Waals surface area contributed by atoms with Crippen LogP contribution in [0, 0.1) is 5.82 Å². The van der Waals surface area contributed by atoms with Crippen LogP contribution in [0.4, 0.5) is 17.6 Å². The first-order valence-corrected chi connectivity index (χ1v) is 9.80. The van der Waals surface area contributed by atoms with Gasteiger partial charge in [0, 0.05) is 31.8 Å². The van der Waals surface area contributed by atoms with Gasteiger partial charge in [0.2, 0.25) is 0 Å². The normalized spacial score (nSPS) is 13.5. The molecule has 2 aromatic carbocycles. The smallest absolute Gasteiger partial charge is 0.416 e. The van der Waals surface area contributed by atoms with Gasteiger partial charge in [-0.1, -0.05) is 6.07 Å². The Balaban J connectivity index is 1.59. The number of hydrogen-bond donors (Lipinski definition) is 1. The number of ether oxygens (including phenoxy) is 2. The number of halogens is 4. The summed E-state index contributed by atoms with van der Waals surface area (Å²) in [6, 6.07) is 7.50. The van der Waals surface area contributed by atoms with E-state index in [0.717, 1.165) is 18.6 Å². The first kappa shape index (κ1) is 21.7. The molecule has 2 heterocycles. The van der Waals surface area contributed by atoms with Crippen LogP contribution in [0.3, 0.4) is 0 Å². The van der Waals surface area contributed by atoms with Crippen LogP contribution in [0.5, 0.6) is 11.5 Å². The zero-order chi connectivity index (χ0) is 22.9. The molecule has 0 saturated carbocycles. The molecular formula is C22H19F4N3O3. The number of nitrogens with one attached hydrogen (secondary N) is 1. The SMILES string of the molecule is Cn1cc(C(=O)NCc2ccc(F)cc2C(F)(F)F)c(-c2ccc3c(c2)OCCCO3)n1. The zero-order valence-electron chi connectivity index (χ0n) is 17.0. The third kappa shape index (κ3) is 4.53. The second kappa shape index (κ2) is 8.52. The number of hydrogen-bond acceptors (Lipinski definition) is 4. The number of amides is 1. The average molecular weight is 449 g/mol. The second-order valence-corrected chi connectivity index (χ2v) is 7.26. The van der Waals surface area contributed by atoms with Gasteiger partial charge in [-0.3, -0.25) is 9.48 Å². The van der Waals surface area contributed by atoms with Crippen molar-refractivity contribution in [1.29, 1.82) is 0 Å². The molecule has 1 aliphatic heterocycles. The van der Waals surface area contributed by atoms with E-state index in [1.54, 1.807) is 25.2 Å². The van der Waals surface area contributed by atoms with Gasteiger partial charge in [0.1, 0.15) is 11.5 Å². The van der Waals surface area contributed by atoms with E-state index in [-0.39, 0.29) is 11.1 Å². The third-order valence-corrected chi connectivity index (χ3v) is 4.91. The van der Waals surface area contributed by atoms with E-state index >= 15 is 0 Å². The van der Waals surface area contributed by atoms with Crippen molar-refractivity contribution in [2.45, 2.75) is 19.1 Å². The lowest BCUT2D eigenvalue weighted by molar-refractivity contribution is -0.138. The molecule has 1 aliphatic rings. The molecule has 4 rings (SSSR count). The molecule has 3 aromatic rings. The number of aryl methyl sites for hydroxylation is 1. The number of aromatic nitrogens is 2. The number of carbonyl (C=O) groups is 1. The zero-order valence-corrected chi connectivity index (χ0v) is 17.0. The Bertz CT molecular complexity index is 1160. The van der Waals surface area contributed by atoms with Gasteiger partial charge < -0.3 is 14.8 Å². The maximum atomic E-state index is 13.3. The van der Waals surface area contributed by atoms with E-state index in [1.165, 1.54) is 10.9 Å². The predicted molar refractivity (Wildman–Crippen MR) is 107 cm³/mol. The maximum Gasteiger partial charge on any atom is 0.416 e. The highest BCUT2D eigenvalue weighted by Gasteiger charge is 2.34. The average Bonchev–Trinajstić information content (AvgIpc) is 2.98. The Labute approximate surface area is 180 Å². The summed E-state index contributed by atoms with van der Waals surface area (Å²) < 4.78 is 65.7. The highest BCUT2D eigenvalue weighted by Crippen LogP contribution is 2.35. The second-order valence-electron chi connectivity index (χ2n) is 7.26. The molecule has 32 heavy (non-hydrogen) atoms. The fourth-order valence-electron chi connectivity index (χ4n) is 3.42. The van der Waals surface area contributed by atoms with E-state index < -0.39 is 30.0 Å². The van der Waals surface area contributed by atoms with Crippen molar-refractivity contribution < 1.29 is 31.8 Å². The Morgan fingerprint density at radius 3 is 2.62 bits per heavy atom. The van der Waals surface area contributed by atoms with Crippen molar-refractivity contribution >= 4 is 5.91 Å². The van der Waals surface area contributed by atoms with Crippen LogP contribution >= 0.6 is 0 Å². The fourth-order valence-corrected chi connectivity index (χ4v) is 3.42. The number of carbonyl (C=O) groups excluding carboxylic acids is 1. The summed E-state index contributed by atoms with van der Waals surface area (Å²) in [4.78, 5) is 12.8. The van der Waals surface area contributed by atoms with Gasteiger partial charge in [0.25, 0.3) is 5.91 Å². The number of benzene rings is 2. The van der Waals surface area contributed by atoms with Crippen molar-refractivity contribution in [2.24, 2.45) is 7.05 Å².